The molecule has 1 aliphatic carbocycles. The number of imidazole rings is 2. The van der Waals surface area contributed by atoms with Crippen molar-refractivity contribution in [3.8, 4) is 23.1 Å². The van der Waals surface area contributed by atoms with Gasteiger partial charge in [0.1, 0.15) is 17.7 Å². The number of amides is 4. The summed E-state index contributed by atoms with van der Waals surface area (Å²) in [4.78, 5) is 70.4. The highest BCUT2D eigenvalue weighted by Crippen LogP contribution is 2.58. The molecule has 53 heavy (non-hydrogen) atoms. The number of hydrogen-bond donors (Lipinski definition) is 4. The number of likely N-dealkylation sites (tertiary alicyclic amines) is 2. The van der Waals surface area contributed by atoms with Gasteiger partial charge in [-0.3, -0.25) is 14.4 Å². The standard InChI is InChI=1S/C40H46N8O5/c1-23(2)24(3)37(50)48-22-40(15-16-40)20-33(48)36-43-28-14-11-26(18-29(28)44-36)8-7-25-9-12-27(13-10-25)31-21-42-35(45-31)32-6-5-17-47(32)38(51)30(19-34(41)49)46-39(52)53-4/h9-14,18,21,23-24,30,32-33H,5-6,15-17,19-20,22H2,1-4H3,(H2,41,49)(H,42,45)(H,43,44)(H,46,52)/t24-,30-,32-,33-/m0/s1. The summed E-state index contributed by atoms with van der Waals surface area (Å²) >= 11 is 0. The third-order valence-electron chi connectivity index (χ3n) is 11.1. The molecular weight excluding hydrogens is 672 g/mol. The largest absolute Gasteiger partial charge is 0.453 e. The molecule has 0 unspecified atom stereocenters. The third kappa shape index (κ3) is 7.49. The summed E-state index contributed by atoms with van der Waals surface area (Å²) in [6, 6.07) is 12.3. The van der Waals surface area contributed by atoms with E-state index >= 15 is 0 Å². The Morgan fingerprint density at radius 2 is 1.72 bits per heavy atom. The minimum atomic E-state index is -1.13. The molecule has 2 aromatic heterocycles. The molecule has 13 nitrogen and oxygen atoms in total. The van der Waals surface area contributed by atoms with E-state index in [2.05, 4.69) is 55.6 Å². The lowest BCUT2D eigenvalue weighted by Gasteiger charge is -2.28. The number of methoxy groups -OCH3 is 1. The van der Waals surface area contributed by atoms with Gasteiger partial charge in [-0.15, -0.1) is 0 Å². The Balaban J connectivity index is 1.03. The number of ether oxygens (including phenoxy) is 1. The molecule has 0 radical (unpaired) electrons. The number of aromatic nitrogens is 4. The minimum Gasteiger partial charge on any atom is -0.453 e. The molecular formula is C40H46N8O5. The first-order valence-corrected chi connectivity index (χ1v) is 18.3. The van der Waals surface area contributed by atoms with E-state index in [0.717, 1.165) is 58.6 Å². The van der Waals surface area contributed by atoms with Gasteiger partial charge in [-0.2, -0.15) is 0 Å². The van der Waals surface area contributed by atoms with E-state index in [1.54, 1.807) is 11.1 Å². The van der Waals surface area contributed by atoms with E-state index < -0.39 is 23.9 Å². The SMILES string of the molecule is COC(=O)N[C@@H](CC(N)=O)C(=O)N1CCC[C@H]1c1ncc(-c2ccc(C#Cc3ccc4nc([C@@H]5CC6(CC6)CN5C(=O)[C@@H](C)C(C)C)[nH]c4c3)cc2)[nH]1. The van der Waals surface area contributed by atoms with Gasteiger partial charge in [0, 0.05) is 30.1 Å². The predicted octanol–water partition coefficient (Wildman–Crippen LogP) is 4.96. The molecule has 4 heterocycles. The number of nitrogens with zero attached hydrogens (tertiary/aromatic N) is 4. The first-order chi connectivity index (χ1) is 25.4. The van der Waals surface area contributed by atoms with Crippen LogP contribution in [0.2, 0.25) is 0 Å². The fraction of sp³-hybridized carbons (Fsp3) is 0.450. The Hall–Kier alpha value is -5.64. The molecule has 3 aliphatic rings. The van der Waals surface area contributed by atoms with Crippen LogP contribution in [0.4, 0.5) is 4.79 Å². The highest BCUT2D eigenvalue weighted by atomic mass is 16.5. The maximum absolute atomic E-state index is 13.5. The smallest absolute Gasteiger partial charge is 0.407 e. The first-order valence-electron chi connectivity index (χ1n) is 18.3. The van der Waals surface area contributed by atoms with Gasteiger partial charge in [-0.1, -0.05) is 44.7 Å². The van der Waals surface area contributed by atoms with Crippen LogP contribution in [0.5, 0.6) is 0 Å². The lowest BCUT2D eigenvalue weighted by Crippen LogP contribution is -2.50. The molecule has 1 saturated carbocycles. The Labute approximate surface area is 308 Å². The van der Waals surface area contributed by atoms with Crippen molar-refractivity contribution >= 4 is 34.8 Å². The van der Waals surface area contributed by atoms with Crippen LogP contribution < -0.4 is 11.1 Å². The molecule has 276 valence electrons. The van der Waals surface area contributed by atoms with Crippen LogP contribution in [0.3, 0.4) is 0 Å². The van der Waals surface area contributed by atoms with Crippen LogP contribution in [-0.4, -0.2) is 79.8 Å². The average molecular weight is 719 g/mol. The first kappa shape index (κ1) is 35.7. The number of fused-ring (bicyclic) bond motifs is 1. The lowest BCUT2D eigenvalue weighted by molar-refractivity contribution is -0.137. The molecule has 5 N–H and O–H groups in total. The number of carbonyl (C=O) groups excluding carboxylic acids is 4. The highest BCUT2D eigenvalue weighted by molar-refractivity contribution is 5.91. The second-order valence-corrected chi connectivity index (χ2v) is 15.1. The van der Waals surface area contributed by atoms with Gasteiger partial charge in [-0.25, -0.2) is 14.8 Å². The number of aromatic amines is 2. The fourth-order valence-electron chi connectivity index (χ4n) is 7.53. The van der Waals surface area contributed by atoms with Crippen molar-refractivity contribution in [2.24, 2.45) is 23.0 Å². The zero-order chi connectivity index (χ0) is 37.4. The summed E-state index contributed by atoms with van der Waals surface area (Å²) in [5.74, 6) is 7.36. The molecule has 0 bridgehead atoms. The van der Waals surface area contributed by atoms with Crippen molar-refractivity contribution in [1.29, 1.82) is 0 Å². The van der Waals surface area contributed by atoms with Crippen LogP contribution in [0.1, 0.15) is 94.2 Å². The van der Waals surface area contributed by atoms with E-state index in [-0.39, 0.29) is 41.7 Å². The second kappa shape index (κ2) is 14.4. The Morgan fingerprint density at radius 1 is 0.981 bits per heavy atom. The summed E-state index contributed by atoms with van der Waals surface area (Å²) in [7, 11) is 1.19. The van der Waals surface area contributed by atoms with E-state index in [1.807, 2.05) is 49.4 Å². The maximum atomic E-state index is 13.5. The van der Waals surface area contributed by atoms with Gasteiger partial charge < -0.3 is 35.6 Å². The number of nitrogens with two attached hydrogens (primary N) is 1. The molecule has 2 saturated heterocycles. The zero-order valence-electron chi connectivity index (χ0n) is 30.6. The molecule has 4 aromatic rings. The Kier molecular flexibility index (Phi) is 9.72. The van der Waals surface area contributed by atoms with Crippen molar-refractivity contribution in [2.75, 3.05) is 20.2 Å². The number of alkyl carbamates (subject to hydrolysis) is 1. The molecule has 2 aliphatic heterocycles. The summed E-state index contributed by atoms with van der Waals surface area (Å²) in [5.41, 5.74) is 10.8. The molecule has 13 heteroatoms. The molecule has 7 rings (SSSR count). The normalized spacial score (nSPS) is 19.9. The van der Waals surface area contributed by atoms with Crippen LogP contribution in [0.25, 0.3) is 22.3 Å². The lowest BCUT2D eigenvalue weighted by atomic mass is 9.96. The van der Waals surface area contributed by atoms with Crippen LogP contribution in [-0.2, 0) is 19.1 Å². The van der Waals surface area contributed by atoms with Gasteiger partial charge >= 0.3 is 6.09 Å². The average Bonchev–Trinajstić information content (AvgIpc) is 3.63. The van der Waals surface area contributed by atoms with Crippen LogP contribution >= 0.6 is 0 Å². The van der Waals surface area contributed by atoms with Gasteiger partial charge in [-0.05, 0) is 79.3 Å². The summed E-state index contributed by atoms with van der Waals surface area (Å²) in [6.07, 6.45) is 5.31. The molecule has 3 fully saturated rings. The number of rotatable bonds is 9. The second-order valence-electron chi connectivity index (χ2n) is 15.1. The minimum absolute atomic E-state index is 0.0298. The van der Waals surface area contributed by atoms with Crippen LogP contribution in [0.15, 0.2) is 48.7 Å². The van der Waals surface area contributed by atoms with E-state index in [4.69, 9.17) is 10.7 Å². The summed E-state index contributed by atoms with van der Waals surface area (Å²) in [6.45, 7) is 7.51. The number of hydrogen-bond acceptors (Lipinski definition) is 7. The van der Waals surface area contributed by atoms with Crippen molar-refractivity contribution < 1.29 is 23.9 Å². The number of nitrogens with one attached hydrogen (secondary N) is 3. The highest BCUT2D eigenvalue weighted by Gasteiger charge is 2.54. The third-order valence-corrected chi connectivity index (χ3v) is 11.1. The van der Waals surface area contributed by atoms with Gasteiger partial charge in [0.2, 0.25) is 17.7 Å². The van der Waals surface area contributed by atoms with Gasteiger partial charge in [0.05, 0.1) is 48.5 Å². The van der Waals surface area contributed by atoms with E-state index in [1.165, 1.54) is 20.0 Å². The zero-order valence-corrected chi connectivity index (χ0v) is 30.6. The topological polar surface area (TPSA) is 179 Å². The maximum Gasteiger partial charge on any atom is 0.407 e. The summed E-state index contributed by atoms with van der Waals surface area (Å²) in [5, 5.41) is 2.43. The van der Waals surface area contributed by atoms with Crippen molar-refractivity contribution in [3.05, 3.63) is 71.4 Å². The van der Waals surface area contributed by atoms with Gasteiger partial charge in [0.15, 0.2) is 0 Å². The molecule has 1 spiro atoms. The van der Waals surface area contributed by atoms with Crippen molar-refractivity contribution in [1.82, 2.24) is 35.1 Å². The monoisotopic (exact) mass is 718 g/mol. The van der Waals surface area contributed by atoms with Crippen molar-refractivity contribution in [3.63, 3.8) is 0 Å². The number of H-pyrrole nitrogens is 2. The van der Waals surface area contributed by atoms with Crippen LogP contribution in [0, 0.1) is 29.1 Å². The Bertz CT molecular complexity index is 2100. The summed E-state index contributed by atoms with van der Waals surface area (Å²) < 4.78 is 4.63. The number of carbonyl (C=O) groups is 4. The fourth-order valence-corrected chi connectivity index (χ4v) is 7.53. The molecule has 2 aromatic carbocycles. The van der Waals surface area contributed by atoms with E-state index in [9.17, 15) is 19.2 Å². The predicted molar refractivity (Wildman–Crippen MR) is 198 cm³/mol. The Morgan fingerprint density at radius 3 is 2.42 bits per heavy atom. The number of primary amides is 1. The number of benzene rings is 2. The van der Waals surface area contributed by atoms with E-state index in [0.29, 0.717) is 18.8 Å². The van der Waals surface area contributed by atoms with Crippen molar-refractivity contribution in [2.45, 2.75) is 77.4 Å². The van der Waals surface area contributed by atoms with Gasteiger partial charge in [0.25, 0.3) is 0 Å². The quantitative estimate of drug-likeness (QED) is 0.177. The molecule has 4 amide bonds. The molecule has 4 atom stereocenters.